The van der Waals surface area contributed by atoms with Gasteiger partial charge in [0.05, 0.1) is 19.4 Å². The summed E-state index contributed by atoms with van der Waals surface area (Å²) >= 11 is 0. The van der Waals surface area contributed by atoms with Gasteiger partial charge in [-0.05, 0) is 38.1 Å². The molecule has 3 aromatic rings. The number of carbonyl (C=O) groups is 2. The van der Waals surface area contributed by atoms with Gasteiger partial charge < -0.3 is 21.5 Å². The van der Waals surface area contributed by atoms with Crippen molar-refractivity contribution in [1.82, 2.24) is 19.6 Å². The molecule has 0 spiro atoms. The zero-order valence-corrected chi connectivity index (χ0v) is 15.6. The fourth-order valence-corrected chi connectivity index (χ4v) is 2.75. The lowest BCUT2D eigenvalue weighted by Crippen LogP contribution is -2.17. The van der Waals surface area contributed by atoms with Crippen LogP contribution in [0.5, 0.6) is 5.75 Å². The first kappa shape index (κ1) is 19.1. The van der Waals surface area contributed by atoms with Crippen molar-refractivity contribution in [3.05, 3.63) is 41.2 Å². The molecule has 5 N–H and O–H groups in total. The highest BCUT2D eigenvalue weighted by atomic mass is 16.5. The summed E-state index contributed by atoms with van der Waals surface area (Å²) in [5, 5.41) is 6.93. The maximum atomic E-state index is 12.5. The van der Waals surface area contributed by atoms with E-state index in [2.05, 4.69) is 20.4 Å². The van der Waals surface area contributed by atoms with E-state index < -0.39 is 5.91 Å². The summed E-state index contributed by atoms with van der Waals surface area (Å²) in [4.78, 5) is 31.6. The predicted molar refractivity (Wildman–Crippen MR) is 103 cm³/mol. The minimum atomic E-state index is -0.421. The Morgan fingerprint density at radius 1 is 1.18 bits per heavy atom. The molecule has 0 radical (unpaired) electrons. The topological polar surface area (TPSA) is 151 Å². The molecule has 0 unspecified atom stereocenters. The molecule has 0 aliphatic heterocycles. The van der Waals surface area contributed by atoms with Crippen LogP contribution in [0.2, 0.25) is 0 Å². The number of hydrogen-bond acceptors (Lipinski definition) is 7. The molecule has 0 saturated carbocycles. The summed E-state index contributed by atoms with van der Waals surface area (Å²) in [5.74, 6) is 0.515. The van der Waals surface area contributed by atoms with Crippen LogP contribution in [0.1, 0.15) is 23.4 Å². The van der Waals surface area contributed by atoms with Crippen molar-refractivity contribution in [3.63, 3.8) is 0 Å². The SMILES string of the molecule is Cc1nc2nc(N)nn2c(C)c1CC(=O)Nc1ccc(OCCC(N)=O)cc1. The molecule has 2 amide bonds. The Hall–Kier alpha value is -3.69. The third-order valence-corrected chi connectivity index (χ3v) is 4.16. The molecule has 0 atom stereocenters. The van der Waals surface area contributed by atoms with Gasteiger partial charge in [0.25, 0.3) is 5.78 Å². The van der Waals surface area contributed by atoms with Crippen molar-refractivity contribution in [1.29, 1.82) is 0 Å². The Kier molecular flexibility index (Phi) is 5.39. The second-order valence-electron chi connectivity index (χ2n) is 6.26. The molecule has 1 aromatic carbocycles. The summed E-state index contributed by atoms with van der Waals surface area (Å²) in [6.45, 7) is 3.87. The number of anilines is 2. The van der Waals surface area contributed by atoms with E-state index in [1.54, 1.807) is 24.3 Å². The van der Waals surface area contributed by atoms with Crippen LogP contribution in [-0.2, 0) is 16.0 Å². The fourth-order valence-electron chi connectivity index (χ4n) is 2.75. The number of benzene rings is 1. The van der Waals surface area contributed by atoms with Crippen LogP contribution in [-0.4, -0.2) is 38.0 Å². The van der Waals surface area contributed by atoms with E-state index in [0.717, 1.165) is 11.3 Å². The normalized spacial score (nSPS) is 10.8. The van der Waals surface area contributed by atoms with Gasteiger partial charge in [0.2, 0.25) is 17.8 Å². The molecule has 0 aliphatic carbocycles. The molecule has 3 rings (SSSR count). The minimum Gasteiger partial charge on any atom is -0.493 e. The predicted octanol–water partition coefficient (Wildman–Crippen LogP) is 0.759. The van der Waals surface area contributed by atoms with Gasteiger partial charge in [-0.2, -0.15) is 9.50 Å². The van der Waals surface area contributed by atoms with Crippen LogP contribution < -0.4 is 21.5 Å². The van der Waals surface area contributed by atoms with Crippen LogP contribution in [0, 0.1) is 13.8 Å². The molecule has 2 heterocycles. The Balaban J connectivity index is 1.66. The monoisotopic (exact) mass is 383 g/mol. The van der Waals surface area contributed by atoms with Crippen LogP contribution in [0.3, 0.4) is 0 Å². The van der Waals surface area contributed by atoms with E-state index in [0.29, 0.717) is 22.9 Å². The molecule has 10 heteroatoms. The molecule has 2 aromatic heterocycles. The number of carbonyl (C=O) groups excluding carboxylic acids is 2. The van der Waals surface area contributed by atoms with Crippen molar-refractivity contribution < 1.29 is 14.3 Å². The minimum absolute atomic E-state index is 0.134. The second kappa shape index (κ2) is 7.91. The third-order valence-electron chi connectivity index (χ3n) is 4.16. The number of nitrogens with zero attached hydrogens (tertiary/aromatic N) is 4. The van der Waals surface area contributed by atoms with Crippen molar-refractivity contribution in [2.75, 3.05) is 17.7 Å². The van der Waals surface area contributed by atoms with Gasteiger partial charge in [-0.1, -0.05) is 0 Å². The number of nitrogen functional groups attached to an aromatic ring is 1. The van der Waals surface area contributed by atoms with Crippen LogP contribution in [0.4, 0.5) is 11.6 Å². The largest absolute Gasteiger partial charge is 0.493 e. The van der Waals surface area contributed by atoms with Crippen molar-refractivity contribution in [2.45, 2.75) is 26.7 Å². The smallest absolute Gasteiger partial charge is 0.254 e. The number of ether oxygens (including phenoxy) is 1. The third kappa shape index (κ3) is 4.34. The molecule has 0 aliphatic rings. The first-order chi connectivity index (χ1) is 13.3. The molecule has 146 valence electrons. The quantitative estimate of drug-likeness (QED) is 0.545. The van der Waals surface area contributed by atoms with Gasteiger partial charge in [-0.15, -0.1) is 5.10 Å². The van der Waals surface area contributed by atoms with E-state index in [4.69, 9.17) is 16.2 Å². The Labute approximate surface area is 160 Å². The van der Waals surface area contributed by atoms with Crippen LogP contribution >= 0.6 is 0 Å². The number of aryl methyl sites for hydroxylation is 2. The molecule has 10 nitrogen and oxygen atoms in total. The van der Waals surface area contributed by atoms with Gasteiger partial charge >= 0.3 is 0 Å². The molecule has 28 heavy (non-hydrogen) atoms. The second-order valence-corrected chi connectivity index (χ2v) is 6.26. The average Bonchev–Trinajstić information content (AvgIpc) is 3.00. The Morgan fingerprint density at radius 3 is 2.57 bits per heavy atom. The summed E-state index contributed by atoms with van der Waals surface area (Å²) < 4.78 is 6.93. The van der Waals surface area contributed by atoms with Gasteiger partial charge in [0.15, 0.2) is 0 Å². The van der Waals surface area contributed by atoms with Crippen molar-refractivity contribution in [2.24, 2.45) is 5.73 Å². The molecular weight excluding hydrogens is 362 g/mol. The zero-order valence-electron chi connectivity index (χ0n) is 15.6. The summed E-state index contributed by atoms with van der Waals surface area (Å²) in [5.41, 5.74) is 13.5. The summed E-state index contributed by atoms with van der Waals surface area (Å²) in [6.07, 6.45) is 0.282. The van der Waals surface area contributed by atoms with E-state index in [1.807, 2.05) is 13.8 Å². The summed E-state index contributed by atoms with van der Waals surface area (Å²) in [7, 11) is 0. The lowest BCUT2D eigenvalue weighted by atomic mass is 10.1. The van der Waals surface area contributed by atoms with E-state index in [-0.39, 0.29) is 31.3 Å². The lowest BCUT2D eigenvalue weighted by Gasteiger charge is -2.11. The average molecular weight is 383 g/mol. The maximum Gasteiger partial charge on any atom is 0.254 e. The standard InChI is InChI=1S/C18H21N7O3/c1-10-14(11(2)25-18(21-10)23-17(20)24-25)9-16(27)22-12-3-5-13(6-4-12)28-8-7-15(19)26/h3-6H,7-9H2,1-2H3,(H2,19,26)(H2,20,24)(H,22,27). The van der Waals surface area contributed by atoms with Gasteiger partial charge in [0.1, 0.15) is 5.75 Å². The number of hydrogen-bond donors (Lipinski definition) is 3. The van der Waals surface area contributed by atoms with E-state index in [9.17, 15) is 9.59 Å². The zero-order chi connectivity index (χ0) is 20.3. The van der Waals surface area contributed by atoms with Crippen LogP contribution in [0.15, 0.2) is 24.3 Å². The van der Waals surface area contributed by atoms with Gasteiger partial charge in [-0.25, -0.2) is 4.98 Å². The molecule has 0 bridgehead atoms. The molecule has 0 fully saturated rings. The number of rotatable bonds is 7. The first-order valence-corrected chi connectivity index (χ1v) is 8.63. The Morgan fingerprint density at radius 2 is 1.89 bits per heavy atom. The number of nitrogens with two attached hydrogens (primary N) is 2. The van der Waals surface area contributed by atoms with E-state index in [1.165, 1.54) is 4.52 Å². The van der Waals surface area contributed by atoms with Crippen LogP contribution in [0.25, 0.3) is 5.78 Å². The molecule has 0 saturated heterocycles. The molecular formula is C18H21N7O3. The number of aromatic nitrogens is 4. The lowest BCUT2D eigenvalue weighted by molar-refractivity contribution is -0.118. The van der Waals surface area contributed by atoms with Crippen molar-refractivity contribution >= 4 is 29.2 Å². The highest BCUT2D eigenvalue weighted by Crippen LogP contribution is 2.18. The van der Waals surface area contributed by atoms with Crippen molar-refractivity contribution in [3.8, 4) is 5.75 Å². The highest BCUT2D eigenvalue weighted by Gasteiger charge is 2.15. The Bertz CT molecular complexity index is 1030. The first-order valence-electron chi connectivity index (χ1n) is 8.63. The number of fused-ring (bicyclic) bond motifs is 1. The number of nitrogens with one attached hydrogen (secondary N) is 1. The number of primary amides is 1. The highest BCUT2D eigenvalue weighted by molar-refractivity contribution is 5.92. The fraction of sp³-hybridized carbons (Fsp3) is 0.278. The summed E-state index contributed by atoms with van der Waals surface area (Å²) in [6, 6.07) is 6.85. The van der Waals surface area contributed by atoms with Gasteiger partial charge in [-0.3, -0.25) is 9.59 Å². The number of amides is 2. The van der Waals surface area contributed by atoms with E-state index >= 15 is 0 Å². The van der Waals surface area contributed by atoms with Gasteiger partial charge in [0, 0.05) is 22.6 Å². The maximum absolute atomic E-state index is 12.5.